The molecule has 16 heteroatoms. The van der Waals surface area contributed by atoms with Crippen LogP contribution in [0.1, 0.15) is 95.5 Å². The number of benzene rings is 1. The second-order valence-electron chi connectivity index (χ2n) is 15.1. The van der Waals surface area contributed by atoms with E-state index in [2.05, 4.69) is 32.5 Å². The van der Waals surface area contributed by atoms with Crippen molar-refractivity contribution in [1.82, 2.24) is 29.1 Å². The third-order valence-corrected chi connectivity index (χ3v) is 10.1. The first-order valence-corrected chi connectivity index (χ1v) is 18.1. The number of imide groups is 1. The largest absolute Gasteiger partial charge is 0.444 e. The second-order valence-corrected chi connectivity index (χ2v) is 15.1. The van der Waals surface area contributed by atoms with Crippen LogP contribution in [0.15, 0.2) is 29.2 Å². The number of nitrogens with one attached hydrogen (secondary N) is 2. The van der Waals surface area contributed by atoms with Crippen molar-refractivity contribution in [1.29, 1.82) is 0 Å². The number of aromatic nitrogens is 4. The molecule has 1 unspecified atom stereocenters. The second kappa shape index (κ2) is 15.8. The summed E-state index contributed by atoms with van der Waals surface area (Å²) in [4.78, 5) is 51.7. The van der Waals surface area contributed by atoms with Crippen molar-refractivity contribution in [3.63, 3.8) is 0 Å². The van der Waals surface area contributed by atoms with Gasteiger partial charge in [0, 0.05) is 39.3 Å². The third kappa shape index (κ3) is 8.79. The van der Waals surface area contributed by atoms with Crippen LogP contribution in [-0.2, 0) is 26.1 Å². The average molecular weight is 742 g/mol. The molecule has 1 saturated carbocycles. The molecule has 53 heavy (non-hydrogen) atoms. The fourth-order valence-electron chi connectivity index (χ4n) is 7.57. The highest BCUT2D eigenvalue weighted by molar-refractivity contribution is 6.00. The zero-order valence-corrected chi connectivity index (χ0v) is 30.4. The molecule has 0 radical (unpaired) electrons. The summed E-state index contributed by atoms with van der Waals surface area (Å²) in [5.41, 5.74) is -0.0532. The van der Waals surface area contributed by atoms with Gasteiger partial charge in [-0.05, 0) is 77.3 Å². The molecule has 2 saturated heterocycles. The lowest BCUT2D eigenvalue weighted by Gasteiger charge is -2.38. The van der Waals surface area contributed by atoms with Gasteiger partial charge in [0.15, 0.2) is 5.69 Å². The molecule has 2 N–H and O–H groups in total. The molecule has 3 amide bonds. The lowest BCUT2D eigenvalue weighted by atomic mass is 9.85. The number of rotatable bonds is 8. The van der Waals surface area contributed by atoms with Crippen molar-refractivity contribution in [2.24, 2.45) is 13.0 Å². The van der Waals surface area contributed by atoms with E-state index in [1.165, 1.54) is 20.0 Å². The van der Waals surface area contributed by atoms with Gasteiger partial charge < -0.3 is 9.47 Å². The summed E-state index contributed by atoms with van der Waals surface area (Å²) in [5.74, 6) is 5.46. The number of piperidine rings is 2. The Morgan fingerprint density at radius 2 is 1.87 bits per heavy atom. The number of carbonyl (C=O) groups excluding carboxylic acids is 3. The number of halogens is 3. The molecule has 13 nitrogen and oxygen atoms in total. The number of hydrogen-bond acceptors (Lipinski definition) is 8. The van der Waals surface area contributed by atoms with Gasteiger partial charge in [-0.3, -0.25) is 38.9 Å². The lowest BCUT2D eigenvalue weighted by Crippen LogP contribution is -2.47. The van der Waals surface area contributed by atoms with Gasteiger partial charge in [-0.25, -0.2) is 22.8 Å². The first kappa shape index (κ1) is 38.1. The molecule has 3 atom stereocenters. The van der Waals surface area contributed by atoms with Crippen LogP contribution in [0, 0.1) is 17.8 Å². The maximum Gasteiger partial charge on any atom is 0.412 e. The summed E-state index contributed by atoms with van der Waals surface area (Å²) in [6.07, 6.45) is -0.0217. The highest BCUT2D eigenvalue weighted by Crippen LogP contribution is 2.36. The molecule has 0 bridgehead atoms. The summed E-state index contributed by atoms with van der Waals surface area (Å²) in [7, 11) is 1.61. The molecule has 4 heterocycles. The summed E-state index contributed by atoms with van der Waals surface area (Å²) in [5, 5.41) is 8.82. The van der Waals surface area contributed by atoms with Crippen molar-refractivity contribution in [2.75, 3.05) is 31.6 Å². The minimum atomic E-state index is -2.86. The molecule has 3 aliphatic rings. The molecule has 2 aliphatic heterocycles. The van der Waals surface area contributed by atoms with Gasteiger partial charge >= 0.3 is 11.8 Å². The number of imidazole rings is 1. The number of alkyl halides is 3. The monoisotopic (exact) mass is 741 g/mol. The SMILES string of the molecule is Cn1c(=O)n(C2CCC(=O)NC2=O)c2cccc(C#CCO[C@@H]3CCN(CC4CCC(n5cc(NC(=O)OC(C)(C)C)c(C(F)F)n5)CC4)C[C@H]3F)c21. The van der Waals surface area contributed by atoms with E-state index in [1.54, 1.807) is 46.0 Å². The molecule has 6 rings (SSSR count). The van der Waals surface area contributed by atoms with E-state index in [1.807, 2.05) is 0 Å². The zero-order valence-electron chi connectivity index (χ0n) is 30.4. The molecule has 1 aromatic carbocycles. The van der Waals surface area contributed by atoms with Gasteiger partial charge in [-0.15, -0.1) is 0 Å². The highest BCUT2D eigenvalue weighted by atomic mass is 19.3. The minimum Gasteiger partial charge on any atom is -0.444 e. The minimum absolute atomic E-state index is 0.00297. The smallest absolute Gasteiger partial charge is 0.412 e. The number of fused-ring (bicyclic) bond motifs is 1. The van der Waals surface area contributed by atoms with Crippen LogP contribution < -0.4 is 16.3 Å². The molecular formula is C37H46F3N7O6. The zero-order chi connectivity index (χ0) is 38.0. The van der Waals surface area contributed by atoms with Crippen LogP contribution in [0.2, 0.25) is 0 Å². The van der Waals surface area contributed by atoms with Crippen molar-refractivity contribution in [3.8, 4) is 11.8 Å². The number of ether oxygens (including phenoxy) is 2. The number of carbonyl (C=O) groups is 3. The molecule has 1 aliphatic carbocycles. The molecule has 2 aromatic heterocycles. The Labute approximate surface area is 305 Å². The van der Waals surface area contributed by atoms with Gasteiger partial charge in [-0.1, -0.05) is 17.9 Å². The topological polar surface area (TPSA) is 142 Å². The van der Waals surface area contributed by atoms with Gasteiger partial charge in [0.2, 0.25) is 11.8 Å². The van der Waals surface area contributed by atoms with Gasteiger partial charge in [-0.2, -0.15) is 5.10 Å². The van der Waals surface area contributed by atoms with E-state index in [9.17, 15) is 28.0 Å². The number of aryl methyl sites for hydroxylation is 1. The van der Waals surface area contributed by atoms with E-state index in [0.29, 0.717) is 35.5 Å². The molecule has 286 valence electrons. The summed E-state index contributed by atoms with van der Waals surface area (Å²) >= 11 is 0. The quantitative estimate of drug-likeness (QED) is 0.243. The molecule has 3 fully saturated rings. The Kier molecular flexibility index (Phi) is 11.3. The van der Waals surface area contributed by atoms with E-state index in [0.717, 1.165) is 32.2 Å². The average Bonchev–Trinajstić information content (AvgIpc) is 3.62. The maximum absolute atomic E-state index is 15.3. The number of para-hydroxylation sites is 1. The van der Waals surface area contributed by atoms with Crippen LogP contribution in [0.4, 0.5) is 23.7 Å². The molecule has 0 spiro atoms. The van der Waals surface area contributed by atoms with E-state index in [4.69, 9.17) is 9.47 Å². The Balaban J connectivity index is 0.983. The van der Waals surface area contributed by atoms with Crippen molar-refractivity contribution in [3.05, 3.63) is 46.1 Å². The Morgan fingerprint density at radius 3 is 2.55 bits per heavy atom. The fraction of sp³-hybridized carbons (Fsp3) is 0.595. The lowest BCUT2D eigenvalue weighted by molar-refractivity contribution is -0.135. The maximum atomic E-state index is 15.3. The Morgan fingerprint density at radius 1 is 1.11 bits per heavy atom. The third-order valence-electron chi connectivity index (χ3n) is 10.1. The molecule has 3 aromatic rings. The normalized spacial score (nSPS) is 24.2. The standard InChI is InChI=1S/C37H46F3N7O6/c1-37(2,3)53-35(50)41-26-21-46(43-31(26)33(39)40)24-12-10-22(11-13-24)19-45-17-16-29(25(38)20-45)52-18-6-8-23-7-5-9-27-32(23)44(4)36(51)47(27)28-14-15-30(48)42-34(28)49/h5,7,9,21-22,24-25,28-29,33H,10-20H2,1-4H3,(H,41,50)(H,42,48,49)/t22?,24?,25-,28?,29-/m1/s1. The predicted octanol–water partition coefficient (Wildman–Crippen LogP) is 5.01. The summed E-state index contributed by atoms with van der Waals surface area (Å²) in [6, 6.07) is 4.37. The van der Waals surface area contributed by atoms with Crippen LogP contribution in [0.3, 0.4) is 0 Å². The van der Waals surface area contributed by atoms with Crippen molar-refractivity contribution < 1.29 is 37.0 Å². The molecular weight excluding hydrogens is 695 g/mol. The first-order chi connectivity index (χ1) is 25.2. The number of amides is 3. The highest BCUT2D eigenvalue weighted by Gasteiger charge is 2.34. The van der Waals surface area contributed by atoms with E-state index < -0.39 is 48.0 Å². The van der Waals surface area contributed by atoms with Crippen molar-refractivity contribution in [2.45, 2.75) is 102 Å². The van der Waals surface area contributed by atoms with Gasteiger partial charge in [0.1, 0.15) is 24.4 Å². The van der Waals surface area contributed by atoms with Gasteiger partial charge in [0.05, 0.1) is 34.4 Å². The predicted molar refractivity (Wildman–Crippen MR) is 189 cm³/mol. The van der Waals surface area contributed by atoms with Crippen LogP contribution >= 0.6 is 0 Å². The van der Waals surface area contributed by atoms with Crippen LogP contribution in [0.25, 0.3) is 11.0 Å². The van der Waals surface area contributed by atoms with E-state index >= 15 is 4.39 Å². The van der Waals surface area contributed by atoms with Gasteiger partial charge in [0.25, 0.3) is 6.43 Å². The van der Waals surface area contributed by atoms with Crippen LogP contribution in [-0.4, -0.2) is 85.8 Å². The fourth-order valence-corrected chi connectivity index (χ4v) is 7.57. The number of likely N-dealkylation sites (tertiary alicyclic amines) is 1. The number of anilines is 1. The Bertz CT molecular complexity index is 1960. The number of nitrogens with zero attached hydrogens (tertiary/aromatic N) is 5. The van der Waals surface area contributed by atoms with E-state index in [-0.39, 0.29) is 49.3 Å². The Hall–Kier alpha value is -4.62. The summed E-state index contributed by atoms with van der Waals surface area (Å²) in [6.45, 7) is 6.71. The van der Waals surface area contributed by atoms with Crippen molar-refractivity contribution >= 4 is 34.6 Å². The summed E-state index contributed by atoms with van der Waals surface area (Å²) < 4.78 is 58.2. The number of hydrogen-bond donors (Lipinski definition) is 2. The first-order valence-electron chi connectivity index (χ1n) is 18.1. The van der Waals surface area contributed by atoms with Crippen LogP contribution in [0.5, 0.6) is 0 Å².